The first-order chi connectivity index (χ1) is 8.09. The molecule has 0 aromatic heterocycles. The standard InChI is InChI=1S/C14H22FNO/c1-11(2)6-8-17-9-7-16-14-5-4-13(15)10-12(14)3/h4-5,10-11,16H,6-9H2,1-3H3. The minimum absolute atomic E-state index is 0.193. The Balaban J connectivity index is 2.18. The zero-order chi connectivity index (χ0) is 12.7. The lowest BCUT2D eigenvalue weighted by Crippen LogP contribution is -2.11. The fourth-order valence-corrected chi connectivity index (χ4v) is 1.50. The molecule has 0 fully saturated rings. The van der Waals surface area contributed by atoms with Gasteiger partial charge in [-0.1, -0.05) is 13.8 Å². The highest BCUT2D eigenvalue weighted by Gasteiger charge is 1.99. The first kappa shape index (κ1) is 14.0. The Morgan fingerprint density at radius 3 is 2.71 bits per heavy atom. The van der Waals surface area contributed by atoms with E-state index in [-0.39, 0.29) is 5.82 Å². The highest BCUT2D eigenvalue weighted by molar-refractivity contribution is 5.50. The van der Waals surface area contributed by atoms with E-state index in [1.54, 1.807) is 6.07 Å². The zero-order valence-corrected chi connectivity index (χ0v) is 10.9. The Morgan fingerprint density at radius 2 is 2.06 bits per heavy atom. The van der Waals surface area contributed by atoms with E-state index >= 15 is 0 Å². The van der Waals surface area contributed by atoms with Gasteiger partial charge in [-0.25, -0.2) is 4.39 Å². The quantitative estimate of drug-likeness (QED) is 0.734. The Kier molecular flexibility index (Phi) is 5.98. The van der Waals surface area contributed by atoms with Crippen LogP contribution in [0, 0.1) is 18.7 Å². The molecule has 0 heterocycles. The summed E-state index contributed by atoms with van der Waals surface area (Å²) in [5.41, 5.74) is 1.89. The monoisotopic (exact) mass is 239 g/mol. The molecule has 3 heteroatoms. The van der Waals surface area contributed by atoms with Crippen LogP contribution < -0.4 is 5.32 Å². The summed E-state index contributed by atoms with van der Waals surface area (Å²) in [7, 11) is 0. The molecule has 0 unspecified atom stereocenters. The first-order valence-corrected chi connectivity index (χ1v) is 6.17. The number of hydrogen-bond donors (Lipinski definition) is 1. The van der Waals surface area contributed by atoms with Crippen LogP contribution in [0.1, 0.15) is 25.8 Å². The number of halogens is 1. The van der Waals surface area contributed by atoms with Crippen LogP contribution in [-0.2, 0) is 4.74 Å². The molecule has 1 aromatic rings. The smallest absolute Gasteiger partial charge is 0.123 e. The molecule has 0 aliphatic carbocycles. The molecule has 0 aliphatic heterocycles. The highest BCUT2D eigenvalue weighted by Crippen LogP contribution is 2.15. The molecular weight excluding hydrogens is 217 g/mol. The molecule has 0 radical (unpaired) electrons. The van der Waals surface area contributed by atoms with Crippen molar-refractivity contribution in [3.8, 4) is 0 Å². The Labute approximate surface area is 103 Å². The summed E-state index contributed by atoms with van der Waals surface area (Å²) in [5.74, 6) is 0.489. The molecule has 0 amide bonds. The van der Waals surface area contributed by atoms with Crippen LogP contribution in [0.2, 0.25) is 0 Å². The average Bonchev–Trinajstić information content (AvgIpc) is 2.25. The van der Waals surface area contributed by atoms with E-state index in [2.05, 4.69) is 19.2 Å². The molecule has 0 aliphatic rings. The molecule has 17 heavy (non-hydrogen) atoms. The maximum atomic E-state index is 12.9. The van der Waals surface area contributed by atoms with Crippen molar-refractivity contribution in [2.24, 2.45) is 5.92 Å². The minimum atomic E-state index is -0.193. The predicted molar refractivity (Wildman–Crippen MR) is 69.9 cm³/mol. The second-order valence-corrected chi connectivity index (χ2v) is 4.68. The van der Waals surface area contributed by atoms with Gasteiger partial charge in [-0.15, -0.1) is 0 Å². The highest BCUT2D eigenvalue weighted by atomic mass is 19.1. The van der Waals surface area contributed by atoms with E-state index in [9.17, 15) is 4.39 Å². The van der Waals surface area contributed by atoms with Gasteiger partial charge in [0.1, 0.15) is 5.82 Å². The van der Waals surface area contributed by atoms with Crippen molar-refractivity contribution >= 4 is 5.69 Å². The lowest BCUT2D eigenvalue weighted by molar-refractivity contribution is 0.132. The summed E-state index contributed by atoms with van der Waals surface area (Å²) in [6.07, 6.45) is 1.09. The molecule has 1 rings (SSSR count). The van der Waals surface area contributed by atoms with Gasteiger partial charge in [0.05, 0.1) is 6.61 Å². The zero-order valence-electron chi connectivity index (χ0n) is 10.9. The molecule has 0 saturated heterocycles. The van der Waals surface area contributed by atoms with Crippen molar-refractivity contribution < 1.29 is 9.13 Å². The summed E-state index contributed by atoms with van der Waals surface area (Å²) in [6, 6.07) is 4.76. The van der Waals surface area contributed by atoms with Crippen LogP contribution in [0.15, 0.2) is 18.2 Å². The number of anilines is 1. The van der Waals surface area contributed by atoms with Crippen molar-refractivity contribution in [1.29, 1.82) is 0 Å². The summed E-state index contributed by atoms with van der Waals surface area (Å²) in [5, 5.41) is 3.24. The van der Waals surface area contributed by atoms with Crippen molar-refractivity contribution in [3.05, 3.63) is 29.6 Å². The third kappa shape index (κ3) is 5.68. The van der Waals surface area contributed by atoms with E-state index in [1.165, 1.54) is 12.1 Å². The summed E-state index contributed by atoms with van der Waals surface area (Å²) in [4.78, 5) is 0. The van der Waals surface area contributed by atoms with Crippen LogP contribution >= 0.6 is 0 Å². The summed E-state index contributed by atoms with van der Waals surface area (Å²) in [6.45, 7) is 8.51. The number of rotatable bonds is 7. The van der Waals surface area contributed by atoms with E-state index in [1.807, 2.05) is 6.92 Å². The molecule has 0 bridgehead atoms. The van der Waals surface area contributed by atoms with E-state index in [0.717, 1.165) is 30.8 Å². The molecule has 1 aromatic carbocycles. The summed E-state index contributed by atoms with van der Waals surface area (Å²) >= 11 is 0. The lowest BCUT2D eigenvalue weighted by Gasteiger charge is -2.10. The lowest BCUT2D eigenvalue weighted by atomic mass is 10.1. The number of aryl methyl sites for hydroxylation is 1. The van der Waals surface area contributed by atoms with Gasteiger partial charge >= 0.3 is 0 Å². The average molecular weight is 239 g/mol. The topological polar surface area (TPSA) is 21.3 Å². The van der Waals surface area contributed by atoms with E-state index in [4.69, 9.17) is 4.74 Å². The van der Waals surface area contributed by atoms with Gasteiger partial charge < -0.3 is 10.1 Å². The SMILES string of the molecule is Cc1cc(F)ccc1NCCOCCC(C)C. The Morgan fingerprint density at radius 1 is 1.29 bits per heavy atom. The van der Waals surface area contributed by atoms with Crippen molar-refractivity contribution in [2.45, 2.75) is 27.2 Å². The van der Waals surface area contributed by atoms with Gasteiger partial charge in [-0.05, 0) is 43.0 Å². The van der Waals surface area contributed by atoms with Crippen LogP contribution in [0.3, 0.4) is 0 Å². The molecular formula is C14H22FNO. The van der Waals surface area contributed by atoms with Crippen LogP contribution in [0.25, 0.3) is 0 Å². The third-order valence-electron chi connectivity index (χ3n) is 2.59. The van der Waals surface area contributed by atoms with E-state index in [0.29, 0.717) is 12.5 Å². The molecule has 96 valence electrons. The van der Waals surface area contributed by atoms with Crippen LogP contribution in [0.5, 0.6) is 0 Å². The molecule has 2 nitrogen and oxygen atoms in total. The first-order valence-electron chi connectivity index (χ1n) is 6.17. The fourth-order valence-electron chi connectivity index (χ4n) is 1.50. The number of hydrogen-bond acceptors (Lipinski definition) is 2. The molecule has 1 N–H and O–H groups in total. The number of ether oxygens (including phenoxy) is 1. The van der Waals surface area contributed by atoms with Gasteiger partial charge in [0.15, 0.2) is 0 Å². The second-order valence-electron chi connectivity index (χ2n) is 4.68. The minimum Gasteiger partial charge on any atom is -0.383 e. The fraction of sp³-hybridized carbons (Fsp3) is 0.571. The molecule has 0 saturated carbocycles. The normalized spacial score (nSPS) is 10.9. The van der Waals surface area contributed by atoms with E-state index < -0.39 is 0 Å². The number of benzene rings is 1. The van der Waals surface area contributed by atoms with Gasteiger partial charge in [0.2, 0.25) is 0 Å². The predicted octanol–water partition coefficient (Wildman–Crippen LogP) is 3.61. The third-order valence-corrected chi connectivity index (χ3v) is 2.59. The van der Waals surface area contributed by atoms with Crippen LogP contribution in [-0.4, -0.2) is 19.8 Å². The Bertz CT molecular complexity index is 339. The van der Waals surface area contributed by atoms with Crippen molar-refractivity contribution in [2.75, 3.05) is 25.1 Å². The van der Waals surface area contributed by atoms with Gasteiger partial charge in [-0.3, -0.25) is 0 Å². The van der Waals surface area contributed by atoms with Gasteiger partial charge in [-0.2, -0.15) is 0 Å². The number of nitrogens with one attached hydrogen (secondary N) is 1. The van der Waals surface area contributed by atoms with Crippen molar-refractivity contribution in [3.63, 3.8) is 0 Å². The second kappa shape index (κ2) is 7.28. The maximum absolute atomic E-state index is 12.9. The van der Waals surface area contributed by atoms with Gasteiger partial charge in [0.25, 0.3) is 0 Å². The molecule has 0 spiro atoms. The maximum Gasteiger partial charge on any atom is 0.123 e. The van der Waals surface area contributed by atoms with Crippen LogP contribution in [0.4, 0.5) is 10.1 Å². The molecule has 0 atom stereocenters. The van der Waals surface area contributed by atoms with Crippen molar-refractivity contribution in [1.82, 2.24) is 0 Å². The van der Waals surface area contributed by atoms with Gasteiger partial charge in [0, 0.05) is 18.8 Å². The largest absolute Gasteiger partial charge is 0.383 e. The summed E-state index contributed by atoms with van der Waals surface area (Å²) < 4.78 is 18.4. The Hall–Kier alpha value is -1.09.